The molecule has 9 nitrogen and oxygen atoms in total. The number of rotatable bonds is 5. The maximum Gasteiger partial charge on any atom is 0.355 e. The number of ether oxygens (including phenoxy) is 1. The maximum absolute atomic E-state index is 13.8. The van der Waals surface area contributed by atoms with Crippen molar-refractivity contribution in [2.24, 2.45) is 0 Å². The number of hydrogen-bond acceptors (Lipinski definition) is 7. The third kappa shape index (κ3) is 3.66. The Morgan fingerprint density at radius 2 is 2.03 bits per heavy atom. The number of hydrogen-bond donors (Lipinski definition) is 2. The second-order valence-electron chi connectivity index (χ2n) is 6.68. The van der Waals surface area contributed by atoms with Crippen LogP contribution in [0, 0.1) is 22.9 Å². The summed E-state index contributed by atoms with van der Waals surface area (Å²) in [6.07, 6.45) is 1.49. The number of anilines is 2. The molecule has 0 atom stereocenters. The number of fused-ring (bicyclic) bond motifs is 1. The lowest BCUT2D eigenvalue weighted by molar-refractivity contribution is -0.387. The Bertz CT molecular complexity index is 1330. The van der Waals surface area contributed by atoms with Gasteiger partial charge < -0.3 is 15.0 Å². The van der Waals surface area contributed by atoms with Gasteiger partial charge in [0.05, 0.1) is 23.4 Å². The van der Waals surface area contributed by atoms with Crippen LogP contribution < -0.4 is 5.32 Å². The number of methoxy groups -OCH3 is 1. The van der Waals surface area contributed by atoms with Gasteiger partial charge in [-0.3, -0.25) is 10.1 Å². The third-order valence-corrected chi connectivity index (χ3v) is 4.74. The molecule has 156 valence electrons. The number of aromatic nitrogens is 3. The van der Waals surface area contributed by atoms with Crippen LogP contribution in [-0.2, 0) is 4.74 Å². The van der Waals surface area contributed by atoms with E-state index in [0.717, 1.165) is 23.0 Å². The van der Waals surface area contributed by atoms with E-state index in [4.69, 9.17) is 4.74 Å². The fourth-order valence-corrected chi connectivity index (χ4v) is 3.28. The van der Waals surface area contributed by atoms with Crippen molar-refractivity contribution in [2.75, 3.05) is 12.4 Å². The molecule has 31 heavy (non-hydrogen) atoms. The van der Waals surface area contributed by atoms with Crippen molar-refractivity contribution in [3.63, 3.8) is 0 Å². The van der Waals surface area contributed by atoms with E-state index < -0.39 is 22.4 Å². The van der Waals surface area contributed by atoms with Crippen molar-refractivity contribution in [2.45, 2.75) is 6.92 Å². The Morgan fingerprint density at radius 1 is 1.26 bits per heavy atom. The highest BCUT2D eigenvalue weighted by molar-refractivity contribution is 6.07. The summed E-state index contributed by atoms with van der Waals surface area (Å²) in [6.45, 7) is 1.61. The maximum atomic E-state index is 13.8. The molecule has 0 amide bonds. The first-order chi connectivity index (χ1) is 14.9. The van der Waals surface area contributed by atoms with Gasteiger partial charge in [-0.25, -0.2) is 14.8 Å². The molecule has 0 radical (unpaired) electrons. The van der Waals surface area contributed by atoms with Crippen LogP contribution in [0.25, 0.3) is 22.2 Å². The lowest BCUT2D eigenvalue weighted by Gasteiger charge is -2.10. The zero-order chi connectivity index (χ0) is 22.1. The van der Waals surface area contributed by atoms with Crippen LogP contribution in [0.15, 0.2) is 48.7 Å². The quantitative estimate of drug-likeness (QED) is 0.276. The van der Waals surface area contributed by atoms with Crippen molar-refractivity contribution >= 4 is 34.2 Å². The first-order valence-electron chi connectivity index (χ1n) is 9.13. The number of aromatic amines is 1. The molecule has 0 spiro atoms. The SMILES string of the molecule is COC(=O)c1[nH]c2ccccc2c1-c1ccnc(Nc2cc([N+](=O)[O-])c(F)cc2C)n1. The number of halogens is 1. The molecule has 0 saturated heterocycles. The molecule has 2 aromatic heterocycles. The molecule has 4 aromatic rings. The molecule has 2 N–H and O–H groups in total. The third-order valence-electron chi connectivity index (χ3n) is 4.74. The molecular formula is C21H16FN5O4. The van der Waals surface area contributed by atoms with Crippen LogP contribution in [0.1, 0.15) is 16.1 Å². The van der Waals surface area contributed by atoms with E-state index in [0.29, 0.717) is 16.8 Å². The summed E-state index contributed by atoms with van der Waals surface area (Å²) in [7, 11) is 1.29. The van der Waals surface area contributed by atoms with Gasteiger partial charge in [0.1, 0.15) is 5.69 Å². The van der Waals surface area contributed by atoms with Gasteiger partial charge in [0, 0.05) is 28.7 Å². The molecule has 0 bridgehead atoms. The normalized spacial score (nSPS) is 10.8. The minimum Gasteiger partial charge on any atom is -0.464 e. The number of aryl methyl sites for hydroxylation is 1. The van der Waals surface area contributed by atoms with Crippen molar-refractivity contribution in [3.8, 4) is 11.3 Å². The monoisotopic (exact) mass is 421 g/mol. The molecule has 0 saturated carbocycles. The fourth-order valence-electron chi connectivity index (χ4n) is 3.28. The largest absolute Gasteiger partial charge is 0.464 e. The molecular weight excluding hydrogens is 405 g/mol. The van der Waals surface area contributed by atoms with E-state index in [-0.39, 0.29) is 17.3 Å². The number of nitro benzene ring substituents is 1. The second-order valence-corrected chi connectivity index (χ2v) is 6.68. The Labute approximate surface area is 175 Å². The van der Waals surface area contributed by atoms with Crippen LogP contribution >= 0.6 is 0 Å². The Balaban J connectivity index is 1.80. The van der Waals surface area contributed by atoms with Crippen LogP contribution in [0.5, 0.6) is 0 Å². The van der Waals surface area contributed by atoms with Gasteiger partial charge in [0.25, 0.3) is 0 Å². The fraction of sp³-hybridized carbons (Fsp3) is 0.0952. The second kappa shape index (κ2) is 7.82. The topological polar surface area (TPSA) is 123 Å². The van der Waals surface area contributed by atoms with Gasteiger partial charge in [-0.15, -0.1) is 0 Å². The van der Waals surface area contributed by atoms with Crippen molar-refractivity contribution in [3.05, 3.63) is 75.9 Å². The molecule has 10 heteroatoms. The first kappa shape index (κ1) is 20.0. The number of para-hydroxylation sites is 1. The number of nitrogens with zero attached hydrogens (tertiary/aromatic N) is 3. The average molecular weight is 421 g/mol. The van der Waals surface area contributed by atoms with Crippen LogP contribution in [0.2, 0.25) is 0 Å². The zero-order valence-corrected chi connectivity index (χ0v) is 16.5. The van der Waals surface area contributed by atoms with E-state index in [9.17, 15) is 19.3 Å². The molecule has 2 aromatic carbocycles. The molecule has 2 heterocycles. The Morgan fingerprint density at radius 3 is 2.77 bits per heavy atom. The summed E-state index contributed by atoms with van der Waals surface area (Å²) in [5, 5.41) is 14.7. The standard InChI is InChI=1S/C21H16FN5O4/c1-11-9-13(22)17(27(29)30)10-16(11)26-21-23-8-7-15(25-21)18-12-5-3-4-6-14(12)24-19(18)20(28)31-2/h3-10,24H,1-2H3,(H,23,25,26). The minimum absolute atomic E-state index is 0.127. The Hall–Kier alpha value is -4.34. The predicted octanol–water partition coefficient (Wildman–Crippen LogP) is 4.51. The lowest BCUT2D eigenvalue weighted by Crippen LogP contribution is -2.05. The van der Waals surface area contributed by atoms with E-state index >= 15 is 0 Å². The van der Waals surface area contributed by atoms with Crippen molar-refractivity contribution in [1.82, 2.24) is 15.0 Å². The van der Waals surface area contributed by atoms with Crippen molar-refractivity contribution in [1.29, 1.82) is 0 Å². The number of nitrogens with one attached hydrogen (secondary N) is 2. The molecule has 0 aliphatic heterocycles. The summed E-state index contributed by atoms with van der Waals surface area (Å²) in [6, 6.07) is 11.1. The molecule has 0 fully saturated rings. The van der Waals surface area contributed by atoms with Gasteiger partial charge in [0.15, 0.2) is 0 Å². The van der Waals surface area contributed by atoms with Crippen molar-refractivity contribution < 1.29 is 18.8 Å². The highest BCUT2D eigenvalue weighted by Crippen LogP contribution is 2.33. The Kier molecular flexibility index (Phi) is 5.04. The number of esters is 1. The summed E-state index contributed by atoms with van der Waals surface area (Å²) < 4.78 is 18.7. The summed E-state index contributed by atoms with van der Waals surface area (Å²) in [5.41, 5.74) is 2.02. The van der Waals surface area contributed by atoms with E-state index in [1.807, 2.05) is 24.3 Å². The van der Waals surface area contributed by atoms with Crippen LogP contribution in [-0.4, -0.2) is 33.0 Å². The number of benzene rings is 2. The molecule has 0 aliphatic carbocycles. The summed E-state index contributed by atoms with van der Waals surface area (Å²) >= 11 is 0. The van der Waals surface area contributed by atoms with Gasteiger partial charge in [-0.1, -0.05) is 18.2 Å². The smallest absolute Gasteiger partial charge is 0.355 e. The minimum atomic E-state index is -0.927. The number of H-pyrrole nitrogens is 1. The predicted molar refractivity (Wildman–Crippen MR) is 112 cm³/mol. The van der Waals surface area contributed by atoms with Gasteiger partial charge in [-0.2, -0.15) is 4.39 Å². The van der Waals surface area contributed by atoms with E-state index in [1.165, 1.54) is 13.3 Å². The number of carbonyl (C=O) groups is 1. The summed E-state index contributed by atoms with van der Waals surface area (Å²) in [4.78, 5) is 34.2. The molecule has 0 aliphatic rings. The summed E-state index contributed by atoms with van der Waals surface area (Å²) in [5.74, 6) is -1.35. The van der Waals surface area contributed by atoms with E-state index in [2.05, 4.69) is 20.3 Å². The highest BCUT2D eigenvalue weighted by atomic mass is 19.1. The van der Waals surface area contributed by atoms with Crippen LogP contribution in [0.3, 0.4) is 0 Å². The first-order valence-corrected chi connectivity index (χ1v) is 9.13. The molecule has 0 unspecified atom stereocenters. The van der Waals surface area contributed by atoms with Gasteiger partial charge >= 0.3 is 11.7 Å². The lowest BCUT2D eigenvalue weighted by atomic mass is 10.1. The van der Waals surface area contributed by atoms with E-state index in [1.54, 1.807) is 13.0 Å². The number of carbonyl (C=O) groups excluding carboxylic acids is 1. The van der Waals surface area contributed by atoms with Crippen LogP contribution in [0.4, 0.5) is 21.7 Å². The van der Waals surface area contributed by atoms with Gasteiger partial charge in [0.2, 0.25) is 11.8 Å². The average Bonchev–Trinajstić information content (AvgIpc) is 3.14. The highest BCUT2D eigenvalue weighted by Gasteiger charge is 2.22. The number of nitro groups is 1. The van der Waals surface area contributed by atoms with Gasteiger partial charge in [-0.05, 0) is 30.7 Å². The molecule has 4 rings (SSSR count). The zero-order valence-electron chi connectivity index (χ0n) is 16.5.